The van der Waals surface area contributed by atoms with E-state index in [-0.39, 0.29) is 76.6 Å². The molecule has 1 aliphatic carbocycles. The highest BCUT2D eigenvalue weighted by molar-refractivity contribution is 14.1. The summed E-state index contributed by atoms with van der Waals surface area (Å²) in [4.78, 5) is 175. The molecular weight excluding hydrogens is 1480 g/mol. The lowest BCUT2D eigenvalue weighted by Crippen LogP contribution is -2.52. The van der Waals surface area contributed by atoms with Crippen molar-refractivity contribution in [3.05, 3.63) is 94.1 Å². The number of unbranched alkanes of at least 4 members (excludes halogenated alkanes) is 2. The van der Waals surface area contributed by atoms with Gasteiger partial charge in [0.15, 0.2) is 0 Å². The summed E-state index contributed by atoms with van der Waals surface area (Å²) in [7, 11) is 1.16. The van der Waals surface area contributed by atoms with Gasteiger partial charge < -0.3 is 76.3 Å². The summed E-state index contributed by atoms with van der Waals surface area (Å²) in [5.41, 5.74) is -1.18. The van der Waals surface area contributed by atoms with Gasteiger partial charge in [0.2, 0.25) is 35.4 Å². The lowest BCUT2D eigenvalue weighted by molar-refractivity contribution is -0.161. The van der Waals surface area contributed by atoms with Crippen LogP contribution in [-0.4, -0.2) is 170 Å². The minimum Gasteiger partial charge on any atom is -0.467 e. The zero-order valence-corrected chi connectivity index (χ0v) is 65.7. The van der Waals surface area contributed by atoms with Crippen LogP contribution in [-0.2, 0) is 94.0 Å². The number of hydrogen-bond donors (Lipinski definition) is 9. The van der Waals surface area contributed by atoms with Gasteiger partial charge in [-0.05, 0) is 222 Å². The Labute approximate surface area is 636 Å². The molecule has 1 aliphatic rings. The number of carbonyl (C=O) groups excluding carboxylic acids is 13. The van der Waals surface area contributed by atoms with E-state index in [4.69, 9.17) is 28.4 Å². The van der Waals surface area contributed by atoms with Gasteiger partial charge in [0.25, 0.3) is 0 Å². The van der Waals surface area contributed by atoms with Crippen molar-refractivity contribution in [2.24, 2.45) is 11.8 Å². The van der Waals surface area contributed by atoms with E-state index >= 15 is 0 Å². The molecular formula is C77H112IN9O19. The van der Waals surface area contributed by atoms with E-state index in [0.717, 1.165) is 32.6 Å². The summed E-state index contributed by atoms with van der Waals surface area (Å²) in [5.74, 6) is -8.17. The maximum atomic E-state index is 14.2. The Hall–Kier alpha value is -8.90. The number of alkyl carbamates (subject to hydrolysis) is 1. The van der Waals surface area contributed by atoms with Crippen LogP contribution in [0.4, 0.5) is 9.59 Å². The first-order valence-electron chi connectivity index (χ1n) is 36.4. The van der Waals surface area contributed by atoms with Crippen molar-refractivity contribution in [1.82, 2.24) is 47.9 Å². The van der Waals surface area contributed by atoms with Gasteiger partial charge in [-0.3, -0.25) is 33.6 Å². The minimum atomic E-state index is -1.63. The minimum absolute atomic E-state index is 0.00562. The topological polar surface area (TPSA) is 386 Å². The van der Waals surface area contributed by atoms with Crippen LogP contribution in [0.25, 0.3) is 10.8 Å². The lowest BCUT2D eigenvalue weighted by atomic mass is 9.81. The van der Waals surface area contributed by atoms with E-state index in [0.29, 0.717) is 64.2 Å². The molecule has 1 fully saturated rings. The summed E-state index contributed by atoms with van der Waals surface area (Å²) in [6.45, 7) is 22.0. The average molecular weight is 1590 g/mol. The summed E-state index contributed by atoms with van der Waals surface area (Å²) in [6.07, 6.45) is 3.17. The Morgan fingerprint density at radius 3 is 1.59 bits per heavy atom. The molecule has 0 saturated heterocycles. The molecule has 0 aliphatic heterocycles. The second-order valence-electron chi connectivity index (χ2n) is 29.7. The fourth-order valence-electron chi connectivity index (χ4n) is 11.4. The zero-order chi connectivity index (χ0) is 78.7. The third-order valence-corrected chi connectivity index (χ3v) is 17.2. The Morgan fingerprint density at radius 2 is 1.04 bits per heavy atom. The standard InChI is InChI=1S/C77H112IN9O19/c1-14-42-102-74(100)80-41-20-17-25-56(82-63(89)46-61(72(98)106-77(10,11)12)84-64(90)45-60(71(97)105-76(7,8)9)83-62(88)27-21-22-49-31-36-55(78)37-32-49)67(93)81-47-50-28-34-53(35-29-50)66(92)85-59(44-51-30-33-52-23-15-16-24-54(52)43-51)68(94)79-40-19-18-26-57(69(95)101-13)86-73(99)87-58(70(96)104-75(4,5)6)38-39-65(91)103-48(2)3/h14-16,23-24,30-33,36-37,43,48,50,53,56-61H,1,17-22,25-29,34-35,38-42,44-47H2,2-13H3,(H,79,94)(H,80,100)(H,81,93)(H,82,89)(H,83,88)(H,84,90)(H,85,92)(H2,86,87,99)/t50?,53?,56?,57?,58-,59-,60?,61?/m0/s1. The highest BCUT2D eigenvalue weighted by atomic mass is 127. The quantitative estimate of drug-likeness (QED) is 0.00854. The summed E-state index contributed by atoms with van der Waals surface area (Å²) < 4.78 is 32.9. The average Bonchev–Trinajstić information content (AvgIpc) is 0.840. The van der Waals surface area contributed by atoms with Crippen LogP contribution in [0.1, 0.15) is 190 Å². The molecule has 0 bridgehead atoms. The van der Waals surface area contributed by atoms with Crippen LogP contribution in [0.2, 0.25) is 0 Å². The fraction of sp³-hybridized carbons (Fsp3) is 0.597. The number of urea groups is 1. The number of fused-ring (bicyclic) bond motifs is 1. The third kappa shape index (κ3) is 36.4. The van der Waals surface area contributed by atoms with Gasteiger partial charge >= 0.3 is 42.0 Å². The molecule has 9 amide bonds. The lowest BCUT2D eigenvalue weighted by Gasteiger charge is -2.30. The number of benzene rings is 3. The third-order valence-electron chi connectivity index (χ3n) is 16.5. The maximum Gasteiger partial charge on any atom is 0.407 e. The molecule has 6 atom stereocenters. The van der Waals surface area contributed by atoms with Crippen molar-refractivity contribution < 1.29 is 90.8 Å². The number of nitrogens with one attached hydrogen (secondary N) is 9. The van der Waals surface area contributed by atoms with E-state index in [2.05, 4.69) is 77.0 Å². The van der Waals surface area contributed by atoms with Gasteiger partial charge in [-0.2, -0.15) is 0 Å². The second kappa shape index (κ2) is 44.9. The van der Waals surface area contributed by atoms with Crippen molar-refractivity contribution in [2.45, 2.75) is 251 Å². The molecule has 0 aromatic heterocycles. The first-order valence-corrected chi connectivity index (χ1v) is 37.5. The van der Waals surface area contributed by atoms with Gasteiger partial charge in [0.1, 0.15) is 59.7 Å². The van der Waals surface area contributed by atoms with Crippen molar-refractivity contribution in [3.8, 4) is 0 Å². The molecule has 29 heteroatoms. The van der Waals surface area contributed by atoms with Crippen molar-refractivity contribution in [3.63, 3.8) is 0 Å². The number of ether oxygens (including phenoxy) is 6. The van der Waals surface area contributed by atoms with Gasteiger partial charge in [-0.1, -0.05) is 67.3 Å². The number of amides is 9. The van der Waals surface area contributed by atoms with Gasteiger partial charge in [0, 0.05) is 48.4 Å². The molecule has 4 rings (SSSR count). The normalized spacial score (nSPS) is 15.4. The largest absolute Gasteiger partial charge is 0.467 e. The Bertz CT molecular complexity index is 3450. The molecule has 0 spiro atoms. The van der Waals surface area contributed by atoms with Crippen LogP contribution >= 0.6 is 22.6 Å². The Balaban J connectivity index is 1.42. The van der Waals surface area contributed by atoms with Gasteiger partial charge in [0.05, 0.1) is 26.1 Å². The first kappa shape index (κ1) is 89.5. The van der Waals surface area contributed by atoms with Crippen LogP contribution in [0.5, 0.6) is 0 Å². The maximum absolute atomic E-state index is 14.2. The SMILES string of the molecule is C=CCOC(=O)NCCCCC(NC(=O)CC(NC(=O)CC(NC(=O)CCCc1ccc(I)cc1)C(=O)OC(C)(C)C)C(=O)OC(C)(C)C)C(=O)NCC1CCC(C(=O)N[C@@H](Cc2ccc3ccccc3c2)C(=O)NCCCCC(NC(=O)N[C@@H](CCC(=O)OC(C)C)C(=O)OC(C)(C)C)C(=O)OC)CC1. The summed E-state index contributed by atoms with van der Waals surface area (Å²) >= 11 is 2.20. The first-order chi connectivity index (χ1) is 49.9. The Kier molecular flexibility index (Phi) is 37.9. The molecule has 3 aromatic carbocycles. The van der Waals surface area contributed by atoms with Crippen LogP contribution in [0.15, 0.2) is 79.4 Å². The number of esters is 5. The van der Waals surface area contributed by atoms with E-state index in [1.165, 1.54) is 6.08 Å². The highest BCUT2D eigenvalue weighted by Gasteiger charge is 2.36. The highest BCUT2D eigenvalue weighted by Crippen LogP contribution is 2.29. The molecule has 0 radical (unpaired) electrons. The second-order valence-corrected chi connectivity index (χ2v) is 30.9. The van der Waals surface area contributed by atoms with E-state index in [1.807, 2.05) is 66.7 Å². The molecule has 4 unspecified atom stereocenters. The Morgan fingerprint density at radius 1 is 0.528 bits per heavy atom. The molecule has 9 N–H and O–H groups in total. The van der Waals surface area contributed by atoms with E-state index in [1.54, 1.807) is 76.2 Å². The smallest absolute Gasteiger partial charge is 0.407 e. The molecule has 0 heterocycles. The number of hydrogen-bond acceptors (Lipinski definition) is 19. The van der Waals surface area contributed by atoms with E-state index in [9.17, 15) is 62.3 Å². The van der Waals surface area contributed by atoms with Gasteiger partial charge in [-0.15, -0.1) is 0 Å². The number of rotatable bonds is 41. The van der Waals surface area contributed by atoms with Crippen LogP contribution in [0, 0.1) is 15.4 Å². The summed E-state index contributed by atoms with van der Waals surface area (Å²) in [6, 6.07) is 12.8. The molecule has 1 saturated carbocycles. The number of halogens is 1. The van der Waals surface area contributed by atoms with Crippen molar-refractivity contribution in [1.29, 1.82) is 0 Å². The zero-order valence-electron chi connectivity index (χ0n) is 63.5. The molecule has 106 heavy (non-hydrogen) atoms. The van der Waals surface area contributed by atoms with Gasteiger partial charge in [-0.25, -0.2) is 28.8 Å². The predicted octanol–water partition coefficient (Wildman–Crippen LogP) is 7.99. The molecule has 3 aromatic rings. The molecule has 586 valence electrons. The van der Waals surface area contributed by atoms with Crippen LogP contribution < -0.4 is 47.9 Å². The number of methoxy groups -OCH3 is 1. The van der Waals surface area contributed by atoms with Crippen molar-refractivity contribution >= 4 is 111 Å². The monoisotopic (exact) mass is 1590 g/mol. The van der Waals surface area contributed by atoms with Crippen LogP contribution in [0.3, 0.4) is 0 Å². The molecule has 28 nitrogen and oxygen atoms in total. The number of carbonyl (C=O) groups is 13. The van der Waals surface area contributed by atoms with E-state index < -0.39 is 149 Å². The number of aryl methyl sites for hydroxylation is 1. The van der Waals surface area contributed by atoms with Crippen molar-refractivity contribution in [2.75, 3.05) is 33.4 Å². The predicted molar refractivity (Wildman–Crippen MR) is 405 cm³/mol. The summed E-state index contributed by atoms with van der Waals surface area (Å²) in [5, 5.41) is 26.4. The fourth-order valence-corrected chi connectivity index (χ4v) is 11.7.